The van der Waals surface area contributed by atoms with Crippen molar-refractivity contribution in [2.45, 2.75) is 39.2 Å². The van der Waals surface area contributed by atoms with Crippen LogP contribution in [0.15, 0.2) is 0 Å². The van der Waals surface area contributed by atoms with Gasteiger partial charge in [0.25, 0.3) is 0 Å². The van der Waals surface area contributed by atoms with E-state index in [4.69, 9.17) is 5.73 Å². The highest BCUT2D eigenvalue weighted by atomic mass is 16.3. The van der Waals surface area contributed by atoms with Gasteiger partial charge in [-0.05, 0) is 32.2 Å². The van der Waals surface area contributed by atoms with Gasteiger partial charge in [0.05, 0.1) is 6.10 Å². The average Bonchev–Trinajstić information content (AvgIpc) is 1.87. The van der Waals surface area contributed by atoms with Gasteiger partial charge < -0.3 is 10.8 Å². The van der Waals surface area contributed by atoms with Gasteiger partial charge in [0.2, 0.25) is 0 Å². The van der Waals surface area contributed by atoms with Crippen molar-refractivity contribution in [1.29, 1.82) is 0 Å². The maximum atomic E-state index is 9.22. The van der Waals surface area contributed by atoms with Crippen LogP contribution >= 0.6 is 0 Å². The van der Waals surface area contributed by atoms with Crippen LogP contribution in [0, 0.1) is 5.92 Å². The van der Waals surface area contributed by atoms with Gasteiger partial charge in [0, 0.05) is 0 Å². The van der Waals surface area contributed by atoms with Gasteiger partial charge in [-0.15, -0.1) is 0 Å². The number of hydrogen-bond acceptors (Lipinski definition) is 2. The smallest absolute Gasteiger partial charge is 0.0540 e. The van der Waals surface area contributed by atoms with Gasteiger partial charge in [-0.2, -0.15) is 0 Å². The summed E-state index contributed by atoms with van der Waals surface area (Å²) in [4.78, 5) is 0. The summed E-state index contributed by atoms with van der Waals surface area (Å²) in [6.07, 6.45) is 2.99. The molecule has 0 rings (SSSR count). The van der Waals surface area contributed by atoms with E-state index in [1.807, 2.05) is 6.92 Å². The number of rotatable bonds is 5. The molecular weight excluding hydrogens is 126 g/mol. The summed E-state index contributed by atoms with van der Waals surface area (Å²) < 4.78 is 0. The minimum absolute atomic E-state index is 0.191. The van der Waals surface area contributed by atoms with E-state index >= 15 is 0 Å². The predicted molar refractivity (Wildman–Crippen MR) is 43.8 cm³/mol. The predicted octanol–water partition coefficient (Wildman–Crippen LogP) is 1.13. The first-order valence-electron chi connectivity index (χ1n) is 4.10. The number of aliphatic hydroxyl groups excluding tert-OH is 1. The molecule has 0 aromatic carbocycles. The SMILES string of the molecule is CCC[C@H](CCN)C(C)O. The van der Waals surface area contributed by atoms with E-state index in [9.17, 15) is 5.11 Å². The van der Waals surface area contributed by atoms with Crippen LogP contribution in [0.2, 0.25) is 0 Å². The Morgan fingerprint density at radius 2 is 2.00 bits per heavy atom. The monoisotopic (exact) mass is 145 g/mol. The molecule has 1 unspecified atom stereocenters. The summed E-state index contributed by atoms with van der Waals surface area (Å²) in [6.45, 7) is 4.66. The van der Waals surface area contributed by atoms with E-state index in [-0.39, 0.29) is 6.10 Å². The second kappa shape index (κ2) is 5.69. The van der Waals surface area contributed by atoms with Gasteiger partial charge >= 0.3 is 0 Å². The van der Waals surface area contributed by atoms with Crippen molar-refractivity contribution < 1.29 is 5.11 Å². The third-order valence-electron chi connectivity index (χ3n) is 1.88. The third-order valence-corrected chi connectivity index (χ3v) is 1.88. The highest BCUT2D eigenvalue weighted by Gasteiger charge is 2.11. The number of nitrogens with two attached hydrogens (primary N) is 1. The highest BCUT2D eigenvalue weighted by Crippen LogP contribution is 2.14. The first-order chi connectivity index (χ1) is 4.72. The molecule has 0 saturated heterocycles. The van der Waals surface area contributed by atoms with Crippen molar-refractivity contribution in [1.82, 2.24) is 0 Å². The van der Waals surface area contributed by atoms with Crippen LogP contribution in [0.25, 0.3) is 0 Å². The second-order valence-electron chi connectivity index (χ2n) is 2.87. The summed E-state index contributed by atoms with van der Waals surface area (Å²) in [7, 11) is 0. The van der Waals surface area contributed by atoms with Crippen molar-refractivity contribution in [2.75, 3.05) is 6.54 Å². The van der Waals surface area contributed by atoms with E-state index < -0.39 is 0 Å². The quantitative estimate of drug-likeness (QED) is 0.609. The van der Waals surface area contributed by atoms with Crippen LogP contribution in [0.5, 0.6) is 0 Å². The zero-order chi connectivity index (χ0) is 7.98. The molecule has 0 bridgehead atoms. The first-order valence-corrected chi connectivity index (χ1v) is 4.10. The lowest BCUT2D eigenvalue weighted by Gasteiger charge is -2.17. The van der Waals surface area contributed by atoms with Crippen molar-refractivity contribution in [3.63, 3.8) is 0 Å². The lowest BCUT2D eigenvalue weighted by atomic mass is 9.95. The Balaban J connectivity index is 3.50. The van der Waals surface area contributed by atoms with E-state index in [0.29, 0.717) is 12.5 Å². The zero-order valence-corrected chi connectivity index (χ0v) is 7.01. The molecule has 0 radical (unpaired) electrons. The van der Waals surface area contributed by atoms with Gasteiger partial charge in [-0.3, -0.25) is 0 Å². The lowest BCUT2D eigenvalue weighted by molar-refractivity contribution is 0.115. The van der Waals surface area contributed by atoms with E-state index in [1.54, 1.807) is 0 Å². The van der Waals surface area contributed by atoms with E-state index in [2.05, 4.69) is 6.92 Å². The molecule has 2 nitrogen and oxygen atoms in total. The van der Waals surface area contributed by atoms with Gasteiger partial charge in [-0.25, -0.2) is 0 Å². The van der Waals surface area contributed by atoms with E-state index in [0.717, 1.165) is 19.3 Å². The Bertz CT molecular complexity index is 67.7. The molecule has 0 fully saturated rings. The molecule has 0 aliphatic rings. The van der Waals surface area contributed by atoms with Crippen LogP contribution in [-0.2, 0) is 0 Å². The number of hydrogen-bond donors (Lipinski definition) is 2. The molecule has 0 aliphatic carbocycles. The van der Waals surface area contributed by atoms with Crippen LogP contribution in [-0.4, -0.2) is 17.8 Å². The minimum Gasteiger partial charge on any atom is -0.393 e. The largest absolute Gasteiger partial charge is 0.393 e. The molecule has 0 saturated carbocycles. The normalized spacial score (nSPS) is 16.8. The zero-order valence-electron chi connectivity index (χ0n) is 7.01. The highest BCUT2D eigenvalue weighted by molar-refractivity contribution is 4.64. The fourth-order valence-electron chi connectivity index (χ4n) is 1.21. The standard InChI is InChI=1S/C8H19NO/c1-3-4-8(5-6-9)7(2)10/h7-8,10H,3-6,9H2,1-2H3/t7?,8-/m1/s1. The van der Waals surface area contributed by atoms with Crippen LogP contribution in [0.3, 0.4) is 0 Å². The van der Waals surface area contributed by atoms with Crippen LogP contribution < -0.4 is 5.73 Å². The second-order valence-corrected chi connectivity index (χ2v) is 2.87. The fraction of sp³-hybridized carbons (Fsp3) is 1.00. The molecule has 3 N–H and O–H groups in total. The molecular formula is C8H19NO. The average molecular weight is 145 g/mol. The summed E-state index contributed by atoms with van der Waals surface area (Å²) in [5.74, 6) is 0.412. The Hall–Kier alpha value is -0.0800. The lowest BCUT2D eigenvalue weighted by Crippen LogP contribution is -2.19. The Labute approximate surface area is 63.4 Å². The maximum absolute atomic E-state index is 9.22. The maximum Gasteiger partial charge on any atom is 0.0540 e. The Kier molecular flexibility index (Phi) is 5.64. The molecule has 0 spiro atoms. The molecule has 0 heterocycles. The molecule has 2 atom stereocenters. The molecule has 62 valence electrons. The third kappa shape index (κ3) is 3.85. The number of aliphatic hydroxyl groups is 1. The van der Waals surface area contributed by atoms with E-state index in [1.165, 1.54) is 0 Å². The van der Waals surface area contributed by atoms with Gasteiger partial charge in [0.1, 0.15) is 0 Å². The topological polar surface area (TPSA) is 46.2 Å². The van der Waals surface area contributed by atoms with Crippen LogP contribution in [0.1, 0.15) is 33.1 Å². The molecule has 0 amide bonds. The van der Waals surface area contributed by atoms with Crippen molar-refractivity contribution >= 4 is 0 Å². The van der Waals surface area contributed by atoms with Crippen molar-refractivity contribution in [2.24, 2.45) is 11.7 Å². The molecule has 0 aromatic rings. The summed E-state index contributed by atoms with van der Waals surface area (Å²) in [6, 6.07) is 0. The van der Waals surface area contributed by atoms with Gasteiger partial charge in [-0.1, -0.05) is 13.3 Å². The minimum atomic E-state index is -0.191. The molecule has 10 heavy (non-hydrogen) atoms. The molecule has 2 heteroatoms. The van der Waals surface area contributed by atoms with Gasteiger partial charge in [0.15, 0.2) is 0 Å². The van der Waals surface area contributed by atoms with Crippen molar-refractivity contribution in [3.8, 4) is 0 Å². The first kappa shape index (κ1) is 9.92. The molecule has 0 aliphatic heterocycles. The fourth-order valence-corrected chi connectivity index (χ4v) is 1.21. The molecule has 0 aromatic heterocycles. The Morgan fingerprint density at radius 3 is 2.30 bits per heavy atom. The van der Waals surface area contributed by atoms with Crippen LogP contribution in [0.4, 0.5) is 0 Å². The summed E-state index contributed by atoms with van der Waals surface area (Å²) in [5, 5.41) is 9.22. The summed E-state index contributed by atoms with van der Waals surface area (Å²) >= 11 is 0. The van der Waals surface area contributed by atoms with Crippen molar-refractivity contribution in [3.05, 3.63) is 0 Å². The summed E-state index contributed by atoms with van der Waals surface area (Å²) in [5.41, 5.74) is 5.39. The Morgan fingerprint density at radius 1 is 1.40 bits per heavy atom.